The van der Waals surface area contributed by atoms with Crippen molar-refractivity contribution in [2.75, 3.05) is 11.9 Å². The van der Waals surface area contributed by atoms with Gasteiger partial charge in [0.2, 0.25) is 0 Å². The number of nitrogens with one attached hydrogen (secondary N) is 1. The Bertz CT molecular complexity index is 369. The molecule has 114 valence electrons. The lowest BCUT2D eigenvalue weighted by molar-refractivity contribution is 0.120. The molecule has 0 spiro atoms. The standard InChI is InChI=1S/C11H23BrN2O4S/c1-5-10(6-2)14(8-7-12)19(16,17)13-11(15)18-9(3)4/h9-10H,5-8H2,1-4H3,(H,13,15). The fourth-order valence-electron chi connectivity index (χ4n) is 1.68. The van der Waals surface area contributed by atoms with Gasteiger partial charge in [0.25, 0.3) is 0 Å². The molecule has 1 amide bonds. The Hall–Kier alpha value is -0.340. The second-order valence-corrected chi connectivity index (χ2v) is 6.75. The molecule has 0 radical (unpaired) electrons. The third-order valence-electron chi connectivity index (χ3n) is 2.52. The largest absolute Gasteiger partial charge is 0.446 e. The van der Waals surface area contributed by atoms with Crippen LogP contribution in [-0.2, 0) is 14.9 Å². The van der Waals surface area contributed by atoms with E-state index in [0.29, 0.717) is 24.7 Å². The zero-order chi connectivity index (χ0) is 15.1. The van der Waals surface area contributed by atoms with Crippen molar-refractivity contribution in [3.63, 3.8) is 0 Å². The Balaban J connectivity index is 4.93. The minimum Gasteiger partial charge on any atom is -0.446 e. The molecule has 8 heteroatoms. The molecule has 0 unspecified atom stereocenters. The van der Waals surface area contributed by atoms with Crippen molar-refractivity contribution in [2.45, 2.75) is 52.7 Å². The average Bonchev–Trinajstić information content (AvgIpc) is 2.27. The van der Waals surface area contributed by atoms with Crippen LogP contribution in [0.15, 0.2) is 0 Å². The van der Waals surface area contributed by atoms with Crippen LogP contribution in [0.3, 0.4) is 0 Å². The maximum Gasteiger partial charge on any atom is 0.422 e. The Kier molecular flexibility index (Phi) is 8.60. The van der Waals surface area contributed by atoms with Gasteiger partial charge in [-0.2, -0.15) is 12.7 Å². The number of amides is 1. The number of carbonyl (C=O) groups is 1. The highest BCUT2D eigenvalue weighted by Crippen LogP contribution is 2.13. The second kappa shape index (κ2) is 8.76. The molecule has 0 aliphatic rings. The van der Waals surface area contributed by atoms with Gasteiger partial charge in [-0.1, -0.05) is 29.8 Å². The summed E-state index contributed by atoms with van der Waals surface area (Å²) in [4.78, 5) is 11.4. The van der Waals surface area contributed by atoms with Gasteiger partial charge in [0.05, 0.1) is 6.10 Å². The summed E-state index contributed by atoms with van der Waals surface area (Å²) in [5.41, 5.74) is 0. The summed E-state index contributed by atoms with van der Waals surface area (Å²) in [5.74, 6) is 0. The normalized spacial score (nSPS) is 12.2. The molecule has 0 saturated carbocycles. The van der Waals surface area contributed by atoms with Crippen molar-refractivity contribution >= 4 is 32.2 Å². The SMILES string of the molecule is CCC(CC)N(CCBr)S(=O)(=O)NC(=O)OC(C)C. The lowest BCUT2D eigenvalue weighted by atomic mass is 10.2. The lowest BCUT2D eigenvalue weighted by Gasteiger charge is -2.28. The van der Waals surface area contributed by atoms with Crippen LogP contribution in [0.4, 0.5) is 4.79 Å². The van der Waals surface area contributed by atoms with Crippen molar-refractivity contribution in [1.29, 1.82) is 0 Å². The molecule has 19 heavy (non-hydrogen) atoms. The predicted molar refractivity (Wildman–Crippen MR) is 78.5 cm³/mol. The third kappa shape index (κ3) is 6.58. The van der Waals surface area contributed by atoms with Crippen molar-refractivity contribution in [3.05, 3.63) is 0 Å². The molecule has 6 nitrogen and oxygen atoms in total. The number of ether oxygens (including phenoxy) is 1. The molecule has 0 aromatic carbocycles. The van der Waals surface area contributed by atoms with Gasteiger partial charge in [0.15, 0.2) is 0 Å². The van der Waals surface area contributed by atoms with E-state index < -0.39 is 16.3 Å². The summed E-state index contributed by atoms with van der Waals surface area (Å²) in [5, 5.41) is 0.504. The Morgan fingerprint density at radius 1 is 1.32 bits per heavy atom. The summed E-state index contributed by atoms with van der Waals surface area (Å²) < 4.78 is 32.4. The fourth-order valence-corrected chi connectivity index (χ4v) is 3.70. The van der Waals surface area contributed by atoms with Gasteiger partial charge >= 0.3 is 16.3 Å². The minimum absolute atomic E-state index is 0.137. The molecule has 0 bridgehead atoms. The number of alkyl halides is 1. The molecule has 1 N–H and O–H groups in total. The lowest BCUT2D eigenvalue weighted by Crippen LogP contribution is -2.49. The van der Waals surface area contributed by atoms with Gasteiger partial charge in [-0.05, 0) is 26.7 Å². The highest BCUT2D eigenvalue weighted by Gasteiger charge is 2.29. The van der Waals surface area contributed by atoms with Crippen LogP contribution in [0, 0.1) is 0 Å². The highest BCUT2D eigenvalue weighted by molar-refractivity contribution is 9.09. The Labute approximate surface area is 124 Å². The van der Waals surface area contributed by atoms with Gasteiger partial charge in [0.1, 0.15) is 0 Å². The van der Waals surface area contributed by atoms with E-state index in [9.17, 15) is 13.2 Å². The number of hydrogen-bond donors (Lipinski definition) is 1. The number of hydrogen-bond acceptors (Lipinski definition) is 4. The Morgan fingerprint density at radius 2 is 1.84 bits per heavy atom. The van der Waals surface area contributed by atoms with E-state index in [4.69, 9.17) is 4.74 Å². The van der Waals surface area contributed by atoms with Crippen LogP contribution in [0.5, 0.6) is 0 Å². The van der Waals surface area contributed by atoms with E-state index in [1.165, 1.54) is 4.31 Å². The zero-order valence-corrected chi connectivity index (χ0v) is 14.3. The highest BCUT2D eigenvalue weighted by atomic mass is 79.9. The predicted octanol–water partition coefficient (Wildman–Crippen LogP) is 2.25. The number of rotatable bonds is 8. The van der Waals surface area contributed by atoms with E-state index in [-0.39, 0.29) is 12.1 Å². The molecule has 0 aromatic rings. The molecule has 0 aliphatic heterocycles. The van der Waals surface area contributed by atoms with Gasteiger partial charge in [0, 0.05) is 17.9 Å². The van der Waals surface area contributed by atoms with Gasteiger partial charge in [-0.3, -0.25) is 0 Å². The summed E-state index contributed by atoms with van der Waals surface area (Å²) >= 11 is 3.23. The maximum atomic E-state index is 12.2. The summed E-state index contributed by atoms with van der Waals surface area (Å²) in [7, 11) is -3.87. The summed E-state index contributed by atoms with van der Waals surface area (Å²) in [6.45, 7) is 7.44. The average molecular weight is 359 g/mol. The van der Waals surface area contributed by atoms with Crippen LogP contribution >= 0.6 is 15.9 Å². The second-order valence-electron chi connectivity index (χ2n) is 4.33. The molecule has 0 rings (SSSR count). The van der Waals surface area contributed by atoms with E-state index >= 15 is 0 Å². The summed E-state index contributed by atoms with van der Waals surface area (Å²) in [6, 6.07) is -0.137. The smallest absolute Gasteiger partial charge is 0.422 e. The monoisotopic (exact) mass is 358 g/mol. The van der Waals surface area contributed by atoms with E-state index in [1.807, 2.05) is 18.6 Å². The van der Waals surface area contributed by atoms with Crippen molar-refractivity contribution < 1.29 is 17.9 Å². The van der Waals surface area contributed by atoms with Crippen molar-refractivity contribution in [3.8, 4) is 0 Å². The quantitative estimate of drug-likeness (QED) is 0.675. The van der Waals surface area contributed by atoms with E-state index in [2.05, 4.69) is 15.9 Å². The number of nitrogens with zero attached hydrogens (tertiary/aromatic N) is 1. The zero-order valence-electron chi connectivity index (χ0n) is 11.8. The van der Waals surface area contributed by atoms with Gasteiger partial charge < -0.3 is 4.74 Å². The van der Waals surface area contributed by atoms with Crippen LogP contribution in [-0.4, -0.2) is 42.8 Å². The number of halogens is 1. The van der Waals surface area contributed by atoms with E-state index in [1.54, 1.807) is 13.8 Å². The fraction of sp³-hybridized carbons (Fsp3) is 0.909. The van der Waals surface area contributed by atoms with Crippen LogP contribution in [0.2, 0.25) is 0 Å². The Morgan fingerprint density at radius 3 is 2.21 bits per heavy atom. The third-order valence-corrected chi connectivity index (χ3v) is 4.40. The van der Waals surface area contributed by atoms with Crippen molar-refractivity contribution in [2.24, 2.45) is 0 Å². The molecule has 0 aliphatic carbocycles. The first-order chi connectivity index (χ1) is 8.78. The van der Waals surface area contributed by atoms with E-state index in [0.717, 1.165) is 0 Å². The van der Waals surface area contributed by atoms with Crippen LogP contribution in [0.1, 0.15) is 40.5 Å². The number of carbonyl (C=O) groups excluding carboxylic acids is 1. The van der Waals surface area contributed by atoms with Crippen LogP contribution < -0.4 is 4.72 Å². The molecule has 0 heterocycles. The van der Waals surface area contributed by atoms with Crippen LogP contribution in [0.25, 0.3) is 0 Å². The first-order valence-corrected chi connectivity index (χ1v) is 8.90. The van der Waals surface area contributed by atoms with Crippen molar-refractivity contribution in [1.82, 2.24) is 9.03 Å². The topological polar surface area (TPSA) is 75.7 Å². The molecule has 0 aromatic heterocycles. The maximum absolute atomic E-state index is 12.2. The minimum atomic E-state index is -3.87. The molecular weight excluding hydrogens is 336 g/mol. The van der Waals surface area contributed by atoms with Gasteiger partial charge in [-0.25, -0.2) is 9.52 Å². The molecule has 0 atom stereocenters. The first-order valence-electron chi connectivity index (χ1n) is 6.34. The molecular formula is C11H23BrN2O4S. The first kappa shape index (κ1) is 18.7. The summed E-state index contributed by atoms with van der Waals surface area (Å²) in [6.07, 6.45) is 0.0568. The van der Waals surface area contributed by atoms with Gasteiger partial charge in [-0.15, -0.1) is 0 Å². The molecule has 0 fully saturated rings. The molecule has 0 saturated heterocycles.